The molecule has 0 radical (unpaired) electrons. The van der Waals surface area contributed by atoms with Gasteiger partial charge in [-0.15, -0.1) is 0 Å². The third-order valence-corrected chi connectivity index (χ3v) is 8.24. The second-order valence-corrected chi connectivity index (χ2v) is 12.2. The number of likely N-dealkylation sites (N-methyl/N-ethyl adjacent to an activating group) is 1. The average molecular weight is 551 g/mol. The molecule has 1 saturated heterocycles. The number of sulfonamides is 1. The van der Waals surface area contributed by atoms with E-state index in [1.165, 1.54) is 20.9 Å². The number of aromatic nitrogens is 2. The van der Waals surface area contributed by atoms with E-state index in [4.69, 9.17) is 10.5 Å². The van der Waals surface area contributed by atoms with E-state index in [-0.39, 0.29) is 55.3 Å². The number of amides is 1. The second kappa shape index (κ2) is 12.1. The van der Waals surface area contributed by atoms with Crippen molar-refractivity contribution in [1.82, 2.24) is 14.5 Å². The summed E-state index contributed by atoms with van der Waals surface area (Å²) in [5.74, 6) is -0.225. The highest BCUT2D eigenvalue weighted by Gasteiger charge is 2.33. The van der Waals surface area contributed by atoms with Gasteiger partial charge in [0.2, 0.25) is 15.9 Å². The monoisotopic (exact) mass is 550 g/mol. The van der Waals surface area contributed by atoms with E-state index in [1.807, 2.05) is 32.9 Å². The van der Waals surface area contributed by atoms with Gasteiger partial charge >= 0.3 is 5.69 Å². The molecule has 1 unspecified atom stereocenters. The normalized spacial score (nSPS) is 16.9. The van der Waals surface area contributed by atoms with Gasteiger partial charge in [-0.3, -0.25) is 28.3 Å². The van der Waals surface area contributed by atoms with Gasteiger partial charge in [-0.2, -0.15) is 0 Å². The number of nitrogens with two attached hydrogens (primary N) is 1. The Morgan fingerprint density at radius 2 is 2.00 bits per heavy atom. The van der Waals surface area contributed by atoms with Crippen LogP contribution < -0.4 is 26.2 Å². The molecule has 13 heteroatoms. The van der Waals surface area contributed by atoms with E-state index in [0.717, 1.165) is 5.56 Å². The number of hydrogen-bond acceptors (Lipinski definition) is 8. The highest BCUT2D eigenvalue weighted by Crippen LogP contribution is 2.28. The van der Waals surface area contributed by atoms with E-state index in [0.29, 0.717) is 18.8 Å². The molecule has 1 atom stereocenters. The van der Waals surface area contributed by atoms with Gasteiger partial charge in [-0.05, 0) is 36.6 Å². The second-order valence-electron chi connectivity index (χ2n) is 10.3. The van der Waals surface area contributed by atoms with Crippen molar-refractivity contribution < 1.29 is 17.9 Å². The Kier molecular flexibility index (Phi) is 9.39. The SMILES string of the molecule is COCCN(C(=O)CN(C)Cc1cccc(N2CC(C)CS2(=O)=O)c1)c1c(N)n(CC(C)C)c(=O)[nH]c1=O. The summed E-state index contributed by atoms with van der Waals surface area (Å²) in [7, 11) is -0.115. The molecule has 0 spiro atoms. The van der Waals surface area contributed by atoms with Gasteiger partial charge in [-0.1, -0.05) is 32.9 Å². The maximum Gasteiger partial charge on any atom is 0.330 e. The third kappa shape index (κ3) is 6.83. The Bertz CT molecular complexity index is 1370. The fourth-order valence-electron chi connectivity index (χ4n) is 4.59. The van der Waals surface area contributed by atoms with Crippen LogP contribution in [0.1, 0.15) is 26.3 Å². The summed E-state index contributed by atoms with van der Waals surface area (Å²) < 4.78 is 32.8. The lowest BCUT2D eigenvalue weighted by atomic mass is 10.1. The molecule has 38 heavy (non-hydrogen) atoms. The van der Waals surface area contributed by atoms with Gasteiger partial charge in [0, 0.05) is 33.3 Å². The van der Waals surface area contributed by atoms with Crippen LogP contribution >= 0.6 is 0 Å². The molecule has 0 saturated carbocycles. The van der Waals surface area contributed by atoms with Crippen LogP contribution in [0.4, 0.5) is 17.2 Å². The topological polar surface area (TPSA) is 151 Å². The minimum Gasteiger partial charge on any atom is -0.383 e. The van der Waals surface area contributed by atoms with Crippen LogP contribution in [-0.4, -0.2) is 74.9 Å². The first kappa shape index (κ1) is 29.4. The third-order valence-electron chi connectivity index (χ3n) is 6.22. The number of anilines is 3. The van der Waals surface area contributed by atoms with Crippen LogP contribution in [0.3, 0.4) is 0 Å². The molecular formula is C25H38N6O6S. The fourth-order valence-corrected chi connectivity index (χ4v) is 6.51. The number of nitrogen functional groups attached to an aromatic ring is 1. The lowest BCUT2D eigenvalue weighted by Gasteiger charge is -2.27. The Morgan fingerprint density at radius 1 is 1.29 bits per heavy atom. The zero-order valence-corrected chi connectivity index (χ0v) is 23.5. The summed E-state index contributed by atoms with van der Waals surface area (Å²) in [4.78, 5) is 43.8. The quantitative estimate of drug-likeness (QED) is 0.414. The molecule has 0 aliphatic carbocycles. The first-order chi connectivity index (χ1) is 17.8. The maximum atomic E-state index is 13.4. The Balaban J connectivity index is 1.82. The summed E-state index contributed by atoms with van der Waals surface area (Å²) in [5.41, 5.74) is 6.22. The molecule has 1 aliphatic rings. The molecule has 1 aliphatic heterocycles. The van der Waals surface area contributed by atoms with Crippen LogP contribution in [0.25, 0.3) is 0 Å². The fraction of sp³-hybridized carbons (Fsp3) is 0.560. The molecule has 2 aromatic rings. The Hall–Kier alpha value is -3.16. The largest absolute Gasteiger partial charge is 0.383 e. The summed E-state index contributed by atoms with van der Waals surface area (Å²) in [6.07, 6.45) is 0. The van der Waals surface area contributed by atoms with Crippen LogP contribution in [0.15, 0.2) is 33.9 Å². The van der Waals surface area contributed by atoms with Crippen LogP contribution in [0, 0.1) is 11.8 Å². The smallest absolute Gasteiger partial charge is 0.330 e. The summed E-state index contributed by atoms with van der Waals surface area (Å²) in [5, 5.41) is 0. The predicted molar refractivity (Wildman–Crippen MR) is 148 cm³/mol. The van der Waals surface area contributed by atoms with Gasteiger partial charge in [0.05, 0.1) is 24.6 Å². The molecule has 3 N–H and O–H groups in total. The van der Waals surface area contributed by atoms with Gasteiger partial charge in [0.1, 0.15) is 5.82 Å². The highest BCUT2D eigenvalue weighted by molar-refractivity contribution is 7.93. The van der Waals surface area contributed by atoms with Gasteiger partial charge in [-0.25, -0.2) is 13.2 Å². The molecular weight excluding hydrogens is 512 g/mol. The highest BCUT2D eigenvalue weighted by atomic mass is 32.2. The first-order valence-electron chi connectivity index (χ1n) is 12.5. The molecule has 12 nitrogen and oxygen atoms in total. The van der Waals surface area contributed by atoms with Gasteiger partial charge < -0.3 is 15.4 Å². The van der Waals surface area contributed by atoms with Crippen molar-refractivity contribution in [3.05, 3.63) is 50.7 Å². The Labute approximate surface area is 223 Å². The van der Waals surface area contributed by atoms with Crippen molar-refractivity contribution in [2.45, 2.75) is 33.9 Å². The van der Waals surface area contributed by atoms with E-state index in [2.05, 4.69) is 4.98 Å². The number of H-pyrrole nitrogens is 1. The number of carbonyl (C=O) groups excluding carboxylic acids is 1. The van der Waals surface area contributed by atoms with Crippen molar-refractivity contribution in [2.24, 2.45) is 11.8 Å². The Morgan fingerprint density at radius 3 is 2.61 bits per heavy atom. The lowest BCUT2D eigenvalue weighted by Crippen LogP contribution is -2.46. The summed E-state index contributed by atoms with van der Waals surface area (Å²) in [6, 6.07) is 7.23. The van der Waals surface area contributed by atoms with Crippen molar-refractivity contribution in [3.8, 4) is 0 Å². The van der Waals surface area contributed by atoms with Crippen molar-refractivity contribution >= 4 is 33.1 Å². The number of nitrogens with zero attached hydrogens (tertiary/aromatic N) is 4. The van der Waals surface area contributed by atoms with E-state index >= 15 is 0 Å². The lowest BCUT2D eigenvalue weighted by molar-refractivity contribution is -0.119. The molecule has 2 heterocycles. The first-order valence-corrected chi connectivity index (χ1v) is 14.1. The number of hydrogen-bond donors (Lipinski definition) is 2. The predicted octanol–water partition coefficient (Wildman–Crippen LogP) is 0.672. The number of benzene rings is 1. The number of nitrogens with one attached hydrogen (secondary N) is 1. The number of aromatic amines is 1. The van der Waals surface area contributed by atoms with Crippen molar-refractivity contribution in [3.63, 3.8) is 0 Å². The minimum absolute atomic E-state index is 0.0486. The molecule has 210 valence electrons. The minimum atomic E-state index is -3.35. The van der Waals surface area contributed by atoms with Crippen molar-refractivity contribution in [1.29, 1.82) is 0 Å². The molecule has 1 aromatic heterocycles. The van der Waals surface area contributed by atoms with Gasteiger partial charge in [0.25, 0.3) is 5.56 Å². The molecule has 1 amide bonds. The average Bonchev–Trinajstić information content (AvgIpc) is 3.10. The zero-order chi connectivity index (χ0) is 28.2. The number of rotatable bonds is 11. The molecule has 1 fully saturated rings. The molecule has 0 bridgehead atoms. The number of ether oxygens (including phenoxy) is 1. The van der Waals surface area contributed by atoms with Crippen LogP contribution in [0.5, 0.6) is 0 Å². The number of methoxy groups -OCH3 is 1. The number of carbonyl (C=O) groups is 1. The summed E-state index contributed by atoms with van der Waals surface area (Å²) in [6.45, 7) is 6.96. The van der Waals surface area contributed by atoms with Gasteiger partial charge in [0.15, 0.2) is 5.69 Å². The zero-order valence-electron chi connectivity index (χ0n) is 22.6. The van der Waals surface area contributed by atoms with Crippen LogP contribution in [0.2, 0.25) is 0 Å². The summed E-state index contributed by atoms with van der Waals surface area (Å²) >= 11 is 0. The molecule has 3 rings (SSSR count). The van der Waals surface area contributed by atoms with Crippen LogP contribution in [-0.2, 0) is 32.6 Å². The van der Waals surface area contributed by atoms with Crippen molar-refractivity contribution in [2.75, 3.05) is 61.1 Å². The van der Waals surface area contributed by atoms with E-state index < -0.39 is 27.2 Å². The maximum absolute atomic E-state index is 13.4. The standard InChI is InChI=1S/C25H38N6O6S/c1-17(2)12-30-23(26)22(24(33)27-25(30)34)29(9-10-37-5)21(32)15-28(4)14-19-7-6-8-20(11-19)31-13-18(3)16-38(31,35)36/h6-8,11,17-18H,9-10,12-16,26H2,1-5H3,(H,27,33,34). The van der Waals surface area contributed by atoms with E-state index in [9.17, 15) is 22.8 Å². The molecule has 1 aromatic carbocycles. The van der Waals surface area contributed by atoms with E-state index in [1.54, 1.807) is 24.1 Å².